The van der Waals surface area contributed by atoms with Crippen LogP contribution in [-0.2, 0) is 0 Å². The molecule has 0 saturated heterocycles. The molecule has 0 spiro atoms. The van der Waals surface area contributed by atoms with Crippen LogP contribution in [0.3, 0.4) is 0 Å². The van der Waals surface area contributed by atoms with Gasteiger partial charge in [0.05, 0.1) is 18.0 Å². The van der Waals surface area contributed by atoms with Crippen LogP contribution in [0.25, 0.3) is 43.5 Å². The largest absolute Gasteiger partial charge is 0.371 e. The molecule has 38 heavy (non-hydrogen) atoms. The van der Waals surface area contributed by atoms with Crippen molar-refractivity contribution in [3.63, 3.8) is 0 Å². The molecule has 9 heteroatoms. The summed E-state index contributed by atoms with van der Waals surface area (Å²) in [6, 6.07) is 20.9. The number of aromatic nitrogens is 5. The Morgan fingerprint density at radius 3 is 2.68 bits per heavy atom. The van der Waals surface area contributed by atoms with E-state index in [1.807, 2.05) is 79.9 Å². The first-order valence-corrected chi connectivity index (χ1v) is 12.0. The first-order chi connectivity index (χ1) is 18.5. The topological polar surface area (TPSA) is 119 Å². The number of aromatic amines is 1. The van der Waals surface area contributed by atoms with Gasteiger partial charge in [0, 0.05) is 40.9 Å². The highest BCUT2D eigenvalue weighted by Crippen LogP contribution is 2.32. The number of nitrogens with two attached hydrogens (primary N) is 1. The highest BCUT2D eigenvalue weighted by molar-refractivity contribution is 5.98. The number of anilines is 2. The van der Waals surface area contributed by atoms with Crippen molar-refractivity contribution in [2.75, 3.05) is 11.1 Å². The van der Waals surface area contributed by atoms with Crippen LogP contribution in [0.5, 0.6) is 0 Å². The Bertz CT molecular complexity index is 1920. The Morgan fingerprint density at radius 1 is 1.03 bits per heavy atom. The fraction of sp³-hybridized carbons (Fsp3) is 0.0690. The molecule has 4 heterocycles. The third-order valence-electron chi connectivity index (χ3n) is 6.51. The van der Waals surface area contributed by atoms with Gasteiger partial charge in [-0.25, -0.2) is 19.8 Å². The number of pyridine rings is 2. The van der Waals surface area contributed by atoms with E-state index >= 15 is 0 Å². The standard InChI is InChI=1S/C29H22N8O/c1-17(35-27-23(31-2)16-34-29(30)36-27)24-14-18-7-6-10-22(20-13-19-11-12-32-26(19)33-15-20)25(18)28(38)37(24)21-8-4-3-5-9-21/h3-17H,1H3,(H,32,33)(H3,30,34,35,36)/t17-/m0/s1. The van der Waals surface area contributed by atoms with Gasteiger partial charge in [0.1, 0.15) is 11.5 Å². The summed E-state index contributed by atoms with van der Waals surface area (Å²) in [6.07, 6.45) is 5.01. The van der Waals surface area contributed by atoms with Crippen LogP contribution in [-0.4, -0.2) is 24.5 Å². The molecule has 0 saturated carbocycles. The molecule has 184 valence electrons. The Kier molecular flexibility index (Phi) is 5.55. The zero-order chi connectivity index (χ0) is 26.2. The second-order valence-electron chi connectivity index (χ2n) is 8.89. The highest BCUT2D eigenvalue weighted by atomic mass is 16.1. The number of nitrogens with one attached hydrogen (secondary N) is 2. The number of nitrogen functional groups attached to an aromatic ring is 1. The quantitative estimate of drug-likeness (QED) is 0.265. The van der Waals surface area contributed by atoms with Crippen molar-refractivity contribution >= 4 is 39.3 Å². The average Bonchev–Trinajstić information content (AvgIpc) is 3.41. The second-order valence-corrected chi connectivity index (χ2v) is 8.89. The van der Waals surface area contributed by atoms with Gasteiger partial charge < -0.3 is 16.0 Å². The molecule has 6 aromatic rings. The lowest BCUT2D eigenvalue weighted by Crippen LogP contribution is -2.26. The number of hydrogen-bond acceptors (Lipinski definition) is 6. The van der Waals surface area contributed by atoms with Crippen molar-refractivity contribution in [1.29, 1.82) is 0 Å². The fourth-order valence-electron chi connectivity index (χ4n) is 4.73. The van der Waals surface area contributed by atoms with Crippen LogP contribution in [0, 0.1) is 6.57 Å². The zero-order valence-electron chi connectivity index (χ0n) is 20.4. The van der Waals surface area contributed by atoms with Gasteiger partial charge >= 0.3 is 0 Å². The molecule has 9 nitrogen and oxygen atoms in total. The van der Waals surface area contributed by atoms with Crippen molar-refractivity contribution in [2.24, 2.45) is 0 Å². The van der Waals surface area contributed by atoms with Gasteiger partial charge in [0.25, 0.3) is 5.56 Å². The molecule has 0 aliphatic heterocycles. The molecule has 6 rings (SSSR count). The number of para-hydroxylation sites is 1. The molecule has 2 aromatic carbocycles. The lowest BCUT2D eigenvalue weighted by atomic mass is 9.98. The summed E-state index contributed by atoms with van der Waals surface area (Å²) in [7, 11) is 0. The number of nitrogens with zero attached hydrogens (tertiary/aromatic N) is 5. The Morgan fingerprint density at radius 2 is 1.87 bits per heavy atom. The number of fused-ring (bicyclic) bond motifs is 2. The summed E-state index contributed by atoms with van der Waals surface area (Å²) in [5.74, 6) is 0.371. The van der Waals surface area contributed by atoms with Gasteiger partial charge in [-0.1, -0.05) is 36.4 Å². The Labute approximate surface area is 217 Å². The lowest BCUT2D eigenvalue weighted by Gasteiger charge is -2.22. The Hall–Kier alpha value is -5.49. The normalized spacial score (nSPS) is 11.9. The van der Waals surface area contributed by atoms with E-state index in [9.17, 15) is 4.79 Å². The molecule has 4 N–H and O–H groups in total. The van der Waals surface area contributed by atoms with Gasteiger partial charge in [-0.2, -0.15) is 0 Å². The minimum Gasteiger partial charge on any atom is -0.371 e. The summed E-state index contributed by atoms with van der Waals surface area (Å²) in [5, 5.41) is 5.63. The van der Waals surface area contributed by atoms with Gasteiger partial charge in [-0.3, -0.25) is 9.36 Å². The van der Waals surface area contributed by atoms with E-state index in [2.05, 4.69) is 30.1 Å². The van der Waals surface area contributed by atoms with E-state index < -0.39 is 6.04 Å². The van der Waals surface area contributed by atoms with Crippen LogP contribution < -0.4 is 16.6 Å². The van der Waals surface area contributed by atoms with Crippen LogP contribution in [0.2, 0.25) is 0 Å². The van der Waals surface area contributed by atoms with Crippen LogP contribution in [0.1, 0.15) is 18.7 Å². The molecular weight excluding hydrogens is 476 g/mol. The van der Waals surface area contributed by atoms with Crippen molar-refractivity contribution in [3.05, 3.63) is 113 Å². The van der Waals surface area contributed by atoms with Crippen LogP contribution >= 0.6 is 0 Å². The predicted molar refractivity (Wildman–Crippen MR) is 149 cm³/mol. The summed E-state index contributed by atoms with van der Waals surface area (Å²) in [5.41, 5.74) is 9.77. The second kappa shape index (κ2) is 9.19. The van der Waals surface area contributed by atoms with Gasteiger partial charge in [-0.15, -0.1) is 0 Å². The monoisotopic (exact) mass is 498 g/mol. The summed E-state index contributed by atoms with van der Waals surface area (Å²) >= 11 is 0. The lowest BCUT2D eigenvalue weighted by molar-refractivity contribution is 0.774. The maximum Gasteiger partial charge on any atom is 0.263 e. The minimum atomic E-state index is -0.399. The SMILES string of the molecule is [C-]#[N+]c1cnc(N)nc1N[C@@H](C)c1cc2cccc(-c3cnc4[nH]ccc4c3)c2c(=O)n1-c1ccccc1. The van der Waals surface area contributed by atoms with E-state index in [1.54, 1.807) is 10.8 Å². The van der Waals surface area contributed by atoms with Crippen molar-refractivity contribution in [3.8, 4) is 16.8 Å². The fourth-order valence-corrected chi connectivity index (χ4v) is 4.73. The molecule has 4 aromatic heterocycles. The molecule has 0 aliphatic carbocycles. The van der Waals surface area contributed by atoms with E-state index in [1.165, 1.54) is 6.20 Å². The summed E-state index contributed by atoms with van der Waals surface area (Å²) in [4.78, 5) is 33.6. The predicted octanol–water partition coefficient (Wildman–Crippen LogP) is 5.63. The highest BCUT2D eigenvalue weighted by Gasteiger charge is 2.20. The van der Waals surface area contributed by atoms with Gasteiger partial charge in [0.2, 0.25) is 11.6 Å². The molecule has 0 amide bonds. The molecule has 0 aliphatic rings. The number of hydrogen-bond donors (Lipinski definition) is 3. The van der Waals surface area contributed by atoms with Crippen LogP contribution in [0.15, 0.2) is 90.1 Å². The van der Waals surface area contributed by atoms with Crippen LogP contribution in [0.4, 0.5) is 17.5 Å². The third kappa shape index (κ3) is 3.90. The number of rotatable bonds is 5. The molecule has 0 fully saturated rings. The number of H-pyrrole nitrogens is 1. The summed E-state index contributed by atoms with van der Waals surface area (Å²) in [6.45, 7) is 9.39. The number of benzene rings is 2. The molecule has 0 radical (unpaired) electrons. The van der Waals surface area contributed by atoms with Gasteiger partial charge in [0.15, 0.2) is 0 Å². The minimum absolute atomic E-state index is 0.0590. The molecule has 0 unspecified atom stereocenters. The molecular formula is C29H22N8O. The molecule has 1 atom stereocenters. The maximum atomic E-state index is 14.3. The first kappa shape index (κ1) is 22.9. The van der Waals surface area contributed by atoms with E-state index in [4.69, 9.17) is 12.3 Å². The molecule has 0 bridgehead atoms. The smallest absolute Gasteiger partial charge is 0.263 e. The first-order valence-electron chi connectivity index (χ1n) is 12.0. The van der Waals surface area contributed by atoms with Gasteiger partial charge in [-0.05, 0) is 48.2 Å². The van der Waals surface area contributed by atoms with Crippen molar-refractivity contribution in [1.82, 2.24) is 24.5 Å². The Balaban J connectivity index is 1.58. The van der Waals surface area contributed by atoms with Crippen molar-refractivity contribution in [2.45, 2.75) is 13.0 Å². The third-order valence-corrected chi connectivity index (χ3v) is 6.51. The van der Waals surface area contributed by atoms with E-state index in [-0.39, 0.29) is 17.2 Å². The van der Waals surface area contributed by atoms with E-state index in [0.717, 1.165) is 33.2 Å². The van der Waals surface area contributed by atoms with E-state index in [0.29, 0.717) is 16.9 Å². The summed E-state index contributed by atoms with van der Waals surface area (Å²) < 4.78 is 1.70. The zero-order valence-corrected chi connectivity index (χ0v) is 20.4. The maximum absolute atomic E-state index is 14.3. The van der Waals surface area contributed by atoms with Crippen molar-refractivity contribution < 1.29 is 0 Å². The average molecular weight is 499 g/mol.